The minimum absolute atomic E-state index is 0.163. The first-order valence-corrected chi connectivity index (χ1v) is 7.99. The van der Waals surface area contributed by atoms with Crippen LogP contribution in [0.5, 0.6) is 0 Å². The number of carbonyl (C=O) groups excluding carboxylic acids is 1. The van der Waals surface area contributed by atoms with Crippen molar-refractivity contribution in [1.82, 2.24) is 0 Å². The standard InChI is InChI=1S/C14H11F2NO3S2/c15-10-2-4-13(11(16)8-10)21-14-7-9(5-6-18)1-3-12(14)17-22(19)20/h1-4,6-8,17H,5H2,(H,19,20). The molecule has 0 fully saturated rings. The Morgan fingerprint density at radius 3 is 2.59 bits per heavy atom. The molecule has 8 heteroatoms. The summed E-state index contributed by atoms with van der Waals surface area (Å²) >= 11 is -1.32. The van der Waals surface area contributed by atoms with E-state index in [0.717, 1.165) is 30.2 Å². The number of halogens is 2. The van der Waals surface area contributed by atoms with Gasteiger partial charge in [-0.15, -0.1) is 0 Å². The summed E-state index contributed by atoms with van der Waals surface area (Å²) in [7, 11) is 0. The molecule has 22 heavy (non-hydrogen) atoms. The molecule has 0 aromatic heterocycles. The number of nitrogens with one attached hydrogen (secondary N) is 1. The fourth-order valence-electron chi connectivity index (χ4n) is 1.73. The monoisotopic (exact) mass is 343 g/mol. The molecule has 0 heterocycles. The summed E-state index contributed by atoms with van der Waals surface area (Å²) in [6, 6.07) is 7.91. The predicted molar refractivity (Wildman–Crippen MR) is 81.1 cm³/mol. The zero-order valence-electron chi connectivity index (χ0n) is 11.1. The van der Waals surface area contributed by atoms with E-state index in [2.05, 4.69) is 4.72 Å². The molecular formula is C14H11F2NO3S2. The first-order chi connectivity index (χ1) is 10.5. The van der Waals surface area contributed by atoms with Crippen LogP contribution in [0.1, 0.15) is 5.56 Å². The Hall–Kier alpha value is -1.77. The van der Waals surface area contributed by atoms with Crippen molar-refractivity contribution < 1.29 is 22.3 Å². The van der Waals surface area contributed by atoms with E-state index in [1.54, 1.807) is 12.1 Å². The van der Waals surface area contributed by atoms with Crippen LogP contribution in [0.4, 0.5) is 14.5 Å². The highest BCUT2D eigenvalue weighted by Crippen LogP contribution is 2.36. The summed E-state index contributed by atoms with van der Waals surface area (Å²) in [5, 5.41) is 0. The third kappa shape index (κ3) is 4.36. The van der Waals surface area contributed by atoms with Crippen molar-refractivity contribution in [2.75, 3.05) is 4.72 Å². The van der Waals surface area contributed by atoms with Gasteiger partial charge in [-0.25, -0.2) is 13.0 Å². The molecule has 0 saturated carbocycles. The molecule has 4 nitrogen and oxygen atoms in total. The zero-order valence-corrected chi connectivity index (χ0v) is 12.7. The van der Waals surface area contributed by atoms with E-state index in [1.807, 2.05) is 0 Å². The fourth-order valence-corrected chi connectivity index (χ4v) is 3.13. The molecule has 0 bridgehead atoms. The van der Waals surface area contributed by atoms with E-state index in [9.17, 15) is 17.8 Å². The fraction of sp³-hybridized carbons (Fsp3) is 0.0714. The van der Waals surface area contributed by atoms with Crippen molar-refractivity contribution in [2.24, 2.45) is 0 Å². The minimum Gasteiger partial charge on any atom is -0.303 e. The van der Waals surface area contributed by atoms with Gasteiger partial charge in [0.1, 0.15) is 17.9 Å². The predicted octanol–water partition coefficient (Wildman–Crippen LogP) is 3.41. The molecule has 2 aromatic rings. The van der Waals surface area contributed by atoms with Gasteiger partial charge in [0.2, 0.25) is 0 Å². The Morgan fingerprint density at radius 2 is 1.95 bits per heavy atom. The van der Waals surface area contributed by atoms with Gasteiger partial charge in [-0.1, -0.05) is 17.8 Å². The topological polar surface area (TPSA) is 66.4 Å². The average Bonchev–Trinajstić information content (AvgIpc) is 2.44. The maximum Gasteiger partial charge on any atom is 0.259 e. The van der Waals surface area contributed by atoms with Gasteiger partial charge in [-0.2, -0.15) is 0 Å². The van der Waals surface area contributed by atoms with E-state index in [-0.39, 0.29) is 11.3 Å². The molecule has 116 valence electrons. The lowest BCUT2D eigenvalue weighted by Crippen LogP contribution is -2.03. The lowest BCUT2D eigenvalue weighted by molar-refractivity contribution is -0.107. The second kappa shape index (κ2) is 7.48. The van der Waals surface area contributed by atoms with Crippen LogP contribution >= 0.6 is 11.8 Å². The van der Waals surface area contributed by atoms with E-state index >= 15 is 0 Å². The summed E-state index contributed by atoms with van der Waals surface area (Å²) < 4.78 is 48.8. The molecule has 0 aliphatic rings. The average molecular weight is 343 g/mol. The van der Waals surface area contributed by atoms with Crippen LogP contribution in [0, 0.1) is 11.6 Å². The second-order valence-corrected chi connectivity index (χ2v) is 6.02. The Balaban J connectivity index is 2.38. The maximum absolute atomic E-state index is 13.7. The summed E-state index contributed by atoms with van der Waals surface area (Å²) in [6.07, 6.45) is 0.890. The van der Waals surface area contributed by atoms with Crippen molar-refractivity contribution in [3.05, 3.63) is 53.6 Å². The largest absolute Gasteiger partial charge is 0.303 e. The van der Waals surface area contributed by atoms with Crippen molar-refractivity contribution in [3.8, 4) is 0 Å². The van der Waals surface area contributed by atoms with E-state index < -0.39 is 22.9 Å². The molecule has 0 amide bonds. The molecule has 0 aliphatic heterocycles. The Bertz CT molecular complexity index is 725. The summed E-state index contributed by atoms with van der Waals surface area (Å²) in [5.41, 5.74) is 0.985. The third-order valence-electron chi connectivity index (χ3n) is 2.68. The summed E-state index contributed by atoms with van der Waals surface area (Å²) in [4.78, 5) is 11.2. The van der Waals surface area contributed by atoms with Gasteiger partial charge in [0, 0.05) is 22.3 Å². The highest BCUT2D eigenvalue weighted by Gasteiger charge is 2.11. The number of aldehydes is 1. The molecule has 2 rings (SSSR count). The van der Waals surface area contributed by atoms with Gasteiger partial charge in [-0.05, 0) is 29.8 Å². The molecule has 2 N–H and O–H groups in total. The first-order valence-electron chi connectivity index (χ1n) is 6.06. The van der Waals surface area contributed by atoms with Crippen molar-refractivity contribution in [3.63, 3.8) is 0 Å². The Kier molecular flexibility index (Phi) is 5.64. The number of carbonyl (C=O) groups is 1. The summed E-state index contributed by atoms with van der Waals surface area (Å²) in [5.74, 6) is -1.42. The van der Waals surface area contributed by atoms with E-state index in [4.69, 9.17) is 4.55 Å². The van der Waals surface area contributed by atoms with Gasteiger partial charge < -0.3 is 4.79 Å². The highest BCUT2D eigenvalue weighted by molar-refractivity contribution is 7.99. The van der Waals surface area contributed by atoms with Crippen LogP contribution in [-0.4, -0.2) is 15.0 Å². The van der Waals surface area contributed by atoms with Crippen LogP contribution in [0.25, 0.3) is 0 Å². The Labute approximate surface area is 132 Å². The van der Waals surface area contributed by atoms with Crippen molar-refractivity contribution in [1.29, 1.82) is 0 Å². The molecule has 1 atom stereocenters. The third-order valence-corrected chi connectivity index (χ3v) is 4.18. The van der Waals surface area contributed by atoms with Crippen LogP contribution < -0.4 is 4.72 Å². The normalized spacial score (nSPS) is 12.0. The van der Waals surface area contributed by atoms with Crippen LogP contribution in [0.3, 0.4) is 0 Å². The minimum atomic E-state index is -2.29. The smallest absolute Gasteiger partial charge is 0.259 e. The number of hydrogen-bond donors (Lipinski definition) is 2. The lowest BCUT2D eigenvalue weighted by atomic mass is 10.1. The quantitative estimate of drug-likeness (QED) is 0.623. The van der Waals surface area contributed by atoms with Gasteiger partial charge in [0.05, 0.1) is 5.69 Å². The zero-order chi connectivity index (χ0) is 16.1. The molecule has 0 saturated heterocycles. The molecule has 0 spiro atoms. The number of hydrogen-bond acceptors (Lipinski definition) is 3. The van der Waals surface area contributed by atoms with Gasteiger partial charge in [0.15, 0.2) is 0 Å². The Morgan fingerprint density at radius 1 is 1.18 bits per heavy atom. The maximum atomic E-state index is 13.7. The van der Waals surface area contributed by atoms with Gasteiger partial charge in [0.25, 0.3) is 11.3 Å². The van der Waals surface area contributed by atoms with Crippen molar-refractivity contribution in [2.45, 2.75) is 16.2 Å². The second-order valence-electron chi connectivity index (χ2n) is 4.23. The number of anilines is 1. The highest BCUT2D eigenvalue weighted by atomic mass is 32.2. The number of benzene rings is 2. The van der Waals surface area contributed by atoms with Crippen molar-refractivity contribution >= 4 is 35.0 Å². The first kappa shape index (κ1) is 16.6. The summed E-state index contributed by atoms with van der Waals surface area (Å²) in [6.45, 7) is 0. The molecule has 0 radical (unpaired) electrons. The molecule has 2 aromatic carbocycles. The van der Waals surface area contributed by atoms with E-state index in [1.165, 1.54) is 12.1 Å². The van der Waals surface area contributed by atoms with Crippen LogP contribution in [-0.2, 0) is 22.5 Å². The van der Waals surface area contributed by atoms with Gasteiger partial charge in [-0.3, -0.25) is 9.27 Å². The lowest BCUT2D eigenvalue weighted by Gasteiger charge is -2.11. The molecular weight excluding hydrogens is 332 g/mol. The number of rotatable bonds is 6. The molecule has 0 aliphatic carbocycles. The van der Waals surface area contributed by atoms with Gasteiger partial charge >= 0.3 is 0 Å². The SMILES string of the molecule is O=CCc1ccc(NS(=O)O)c(Sc2ccc(F)cc2F)c1. The van der Waals surface area contributed by atoms with E-state index in [0.29, 0.717) is 16.1 Å². The molecule has 1 unspecified atom stereocenters. The van der Waals surface area contributed by atoms with Crippen LogP contribution in [0.2, 0.25) is 0 Å². The van der Waals surface area contributed by atoms with Crippen LogP contribution in [0.15, 0.2) is 46.2 Å².